The molecule has 0 bridgehead atoms. The van der Waals surface area contributed by atoms with E-state index in [1.165, 1.54) is 5.56 Å². The first-order chi connectivity index (χ1) is 15.2. The molecule has 1 amide bonds. The highest BCUT2D eigenvalue weighted by Crippen LogP contribution is 2.25. The van der Waals surface area contributed by atoms with Crippen molar-refractivity contribution in [2.75, 3.05) is 0 Å². The summed E-state index contributed by atoms with van der Waals surface area (Å²) in [4.78, 5) is 15.5. The van der Waals surface area contributed by atoms with Gasteiger partial charge in [0, 0.05) is 13.1 Å². The number of nitrogens with zero attached hydrogens (tertiary/aromatic N) is 1. The van der Waals surface area contributed by atoms with Crippen LogP contribution in [0.15, 0.2) is 109 Å². The summed E-state index contributed by atoms with van der Waals surface area (Å²) in [5.74, 6) is 0.132. The lowest BCUT2D eigenvalue weighted by atomic mass is 9.96. The number of carbonyl (C=O) groups is 1. The Balaban J connectivity index is 1.60. The van der Waals surface area contributed by atoms with E-state index in [0.29, 0.717) is 19.5 Å². The average Bonchev–Trinajstić information content (AvgIpc) is 2.80. The molecule has 4 aromatic carbocycles. The Morgan fingerprint density at radius 1 is 0.677 bits per heavy atom. The fourth-order valence-corrected chi connectivity index (χ4v) is 3.88. The molecule has 0 N–H and O–H groups in total. The Morgan fingerprint density at radius 2 is 1.26 bits per heavy atom. The van der Waals surface area contributed by atoms with Crippen LogP contribution < -0.4 is 0 Å². The highest BCUT2D eigenvalue weighted by Gasteiger charge is 2.17. The van der Waals surface area contributed by atoms with Crippen LogP contribution in [0.3, 0.4) is 0 Å². The molecule has 31 heavy (non-hydrogen) atoms. The number of benzene rings is 4. The van der Waals surface area contributed by atoms with Crippen LogP contribution in [0.4, 0.5) is 0 Å². The van der Waals surface area contributed by atoms with Crippen LogP contribution >= 0.6 is 0 Å². The molecule has 0 unspecified atom stereocenters. The molecule has 2 nitrogen and oxygen atoms in total. The van der Waals surface area contributed by atoms with E-state index in [0.717, 1.165) is 27.8 Å². The van der Waals surface area contributed by atoms with Gasteiger partial charge in [-0.05, 0) is 34.7 Å². The van der Waals surface area contributed by atoms with Gasteiger partial charge >= 0.3 is 0 Å². The number of carbonyl (C=O) groups excluding carboxylic acids is 1. The minimum atomic E-state index is 0.132. The number of hydrogen-bond acceptors (Lipinski definition) is 1. The molecule has 0 atom stereocenters. The second kappa shape index (κ2) is 9.90. The third-order valence-corrected chi connectivity index (χ3v) is 5.47. The van der Waals surface area contributed by atoms with Crippen LogP contribution in [0.2, 0.25) is 0 Å². The van der Waals surface area contributed by atoms with Crippen LogP contribution in [0, 0.1) is 6.92 Å². The molecule has 0 heterocycles. The molecule has 2 heteroatoms. The smallest absolute Gasteiger partial charge is 0.227 e. The Morgan fingerprint density at radius 3 is 1.87 bits per heavy atom. The minimum Gasteiger partial charge on any atom is -0.334 e. The summed E-state index contributed by atoms with van der Waals surface area (Å²) in [6, 6.07) is 37.1. The van der Waals surface area contributed by atoms with E-state index in [2.05, 4.69) is 67.6 Å². The van der Waals surface area contributed by atoms with Gasteiger partial charge in [0.25, 0.3) is 0 Å². The molecule has 0 fully saturated rings. The maximum atomic E-state index is 13.5. The summed E-state index contributed by atoms with van der Waals surface area (Å²) in [5, 5.41) is 0. The lowest BCUT2D eigenvalue weighted by Crippen LogP contribution is -2.31. The lowest BCUT2D eigenvalue weighted by Gasteiger charge is -2.24. The van der Waals surface area contributed by atoms with E-state index in [1.807, 2.05) is 53.4 Å². The quantitative estimate of drug-likeness (QED) is 0.347. The largest absolute Gasteiger partial charge is 0.334 e. The lowest BCUT2D eigenvalue weighted by molar-refractivity contribution is -0.131. The zero-order chi connectivity index (χ0) is 21.5. The third kappa shape index (κ3) is 5.49. The maximum Gasteiger partial charge on any atom is 0.227 e. The molecule has 0 radical (unpaired) electrons. The standard InChI is InChI=1S/C29H27NO/c1-23-11-10-17-26(19-23)28-18-9-8-16-27(28)20-29(31)30(21-24-12-4-2-5-13-24)22-25-14-6-3-7-15-25/h2-19H,20-22H2,1H3. The van der Waals surface area contributed by atoms with Gasteiger partial charge in [-0.2, -0.15) is 0 Å². The van der Waals surface area contributed by atoms with Crippen molar-refractivity contribution < 1.29 is 4.79 Å². The molecule has 0 aliphatic rings. The SMILES string of the molecule is Cc1cccc(-c2ccccc2CC(=O)N(Cc2ccccc2)Cc2ccccc2)c1. The first-order valence-electron chi connectivity index (χ1n) is 10.7. The van der Waals surface area contributed by atoms with Crippen molar-refractivity contribution in [3.63, 3.8) is 0 Å². The Bertz CT molecular complexity index is 1090. The van der Waals surface area contributed by atoms with Crippen LogP contribution in [0.5, 0.6) is 0 Å². The van der Waals surface area contributed by atoms with Gasteiger partial charge in [-0.3, -0.25) is 4.79 Å². The number of amides is 1. The van der Waals surface area contributed by atoms with Gasteiger partial charge in [-0.25, -0.2) is 0 Å². The highest BCUT2D eigenvalue weighted by molar-refractivity contribution is 5.82. The first kappa shape index (κ1) is 20.6. The van der Waals surface area contributed by atoms with Crippen LogP contribution in [0.1, 0.15) is 22.3 Å². The normalized spacial score (nSPS) is 10.6. The zero-order valence-electron chi connectivity index (χ0n) is 17.9. The van der Waals surface area contributed by atoms with Crippen molar-refractivity contribution in [3.8, 4) is 11.1 Å². The topological polar surface area (TPSA) is 20.3 Å². The van der Waals surface area contributed by atoms with E-state index < -0.39 is 0 Å². The van der Waals surface area contributed by atoms with Crippen molar-refractivity contribution in [1.29, 1.82) is 0 Å². The molecule has 0 spiro atoms. The summed E-state index contributed by atoms with van der Waals surface area (Å²) in [6.07, 6.45) is 0.379. The van der Waals surface area contributed by atoms with Crippen molar-refractivity contribution in [2.24, 2.45) is 0 Å². The minimum absolute atomic E-state index is 0.132. The molecule has 0 aliphatic carbocycles. The van der Waals surface area contributed by atoms with E-state index in [4.69, 9.17) is 0 Å². The summed E-state index contributed by atoms with van der Waals surface area (Å²) < 4.78 is 0. The van der Waals surface area contributed by atoms with Gasteiger partial charge in [0.2, 0.25) is 5.91 Å². The summed E-state index contributed by atoms with van der Waals surface area (Å²) in [7, 11) is 0. The Hall–Kier alpha value is -3.65. The van der Waals surface area contributed by atoms with Crippen molar-refractivity contribution in [2.45, 2.75) is 26.4 Å². The number of rotatable bonds is 7. The molecule has 4 rings (SSSR count). The molecular weight excluding hydrogens is 378 g/mol. The van der Waals surface area contributed by atoms with Gasteiger partial charge in [-0.1, -0.05) is 115 Å². The second-order valence-electron chi connectivity index (χ2n) is 7.92. The predicted octanol–water partition coefficient (Wildman–Crippen LogP) is 6.43. The monoisotopic (exact) mass is 405 g/mol. The maximum absolute atomic E-state index is 13.5. The van der Waals surface area contributed by atoms with Crippen LogP contribution in [-0.2, 0) is 24.3 Å². The number of hydrogen-bond donors (Lipinski definition) is 0. The molecule has 0 saturated carbocycles. The fraction of sp³-hybridized carbons (Fsp3) is 0.138. The fourth-order valence-electron chi connectivity index (χ4n) is 3.88. The Kier molecular flexibility index (Phi) is 6.59. The van der Waals surface area contributed by atoms with Gasteiger partial charge in [-0.15, -0.1) is 0 Å². The molecule has 0 aliphatic heterocycles. The van der Waals surface area contributed by atoms with Crippen LogP contribution in [0.25, 0.3) is 11.1 Å². The van der Waals surface area contributed by atoms with E-state index in [-0.39, 0.29) is 5.91 Å². The van der Waals surface area contributed by atoms with Crippen LogP contribution in [-0.4, -0.2) is 10.8 Å². The summed E-state index contributed by atoms with van der Waals surface area (Å²) >= 11 is 0. The van der Waals surface area contributed by atoms with Crippen molar-refractivity contribution in [1.82, 2.24) is 4.90 Å². The first-order valence-corrected chi connectivity index (χ1v) is 10.7. The number of aryl methyl sites for hydroxylation is 1. The molecular formula is C29H27NO. The third-order valence-electron chi connectivity index (χ3n) is 5.47. The van der Waals surface area contributed by atoms with Gasteiger partial charge in [0.05, 0.1) is 6.42 Å². The van der Waals surface area contributed by atoms with E-state index in [9.17, 15) is 4.79 Å². The average molecular weight is 406 g/mol. The molecule has 4 aromatic rings. The summed E-state index contributed by atoms with van der Waals surface area (Å²) in [5.41, 5.74) is 6.83. The molecule has 154 valence electrons. The van der Waals surface area contributed by atoms with Crippen molar-refractivity contribution in [3.05, 3.63) is 131 Å². The van der Waals surface area contributed by atoms with E-state index in [1.54, 1.807) is 0 Å². The second-order valence-corrected chi connectivity index (χ2v) is 7.92. The van der Waals surface area contributed by atoms with Gasteiger partial charge in [0.15, 0.2) is 0 Å². The van der Waals surface area contributed by atoms with E-state index >= 15 is 0 Å². The van der Waals surface area contributed by atoms with Gasteiger partial charge < -0.3 is 4.90 Å². The van der Waals surface area contributed by atoms with Gasteiger partial charge in [0.1, 0.15) is 0 Å². The Labute approximate surface area is 184 Å². The molecule has 0 saturated heterocycles. The summed E-state index contributed by atoms with van der Waals surface area (Å²) in [6.45, 7) is 3.29. The zero-order valence-corrected chi connectivity index (χ0v) is 17.9. The van der Waals surface area contributed by atoms with Crippen molar-refractivity contribution >= 4 is 5.91 Å². The predicted molar refractivity (Wildman–Crippen MR) is 127 cm³/mol. The molecule has 0 aromatic heterocycles. The highest BCUT2D eigenvalue weighted by atomic mass is 16.2.